The van der Waals surface area contributed by atoms with Crippen molar-refractivity contribution in [1.82, 2.24) is 10.3 Å². The van der Waals surface area contributed by atoms with Gasteiger partial charge in [0.2, 0.25) is 0 Å². The van der Waals surface area contributed by atoms with E-state index >= 15 is 0 Å². The van der Waals surface area contributed by atoms with Crippen molar-refractivity contribution in [3.63, 3.8) is 0 Å². The van der Waals surface area contributed by atoms with Crippen LogP contribution >= 0.6 is 11.3 Å². The topological polar surface area (TPSA) is 28.2 Å². The Morgan fingerprint density at radius 2 is 2.40 bits per heavy atom. The van der Waals surface area contributed by atoms with Gasteiger partial charge in [0.15, 0.2) is 5.13 Å². The van der Waals surface area contributed by atoms with Gasteiger partial charge in [-0.05, 0) is 25.7 Å². The number of nitrogens with zero attached hydrogens (tertiary/aromatic N) is 2. The van der Waals surface area contributed by atoms with Gasteiger partial charge in [-0.2, -0.15) is 0 Å². The number of aromatic nitrogens is 1. The van der Waals surface area contributed by atoms with Crippen molar-refractivity contribution in [1.29, 1.82) is 0 Å². The van der Waals surface area contributed by atoms with Crippen molar-refractivity contribution in [2.75, 3.05) is 24.5 Å². The lowest BCUT2D eigenvalue weighted by molar-refractivity contribution is 0.357. The third-order valence-corrected chi connectivity index (χ3v) is 4.80. The van der Waals surface area contributed by atoms with Crippen LogP contribution in [0.2, 0.25) is 0 Å². The lowest BCUT2D eigenvalue weighted by atomic mass is 9.85. The molecule has 1 aromatic heterocycles. The predicted octanol–water partition coefficient (Wildman–Crippen LogP) is 1.58. The maximum Gasteiger partial charge on any atom is 0.185 e. The SMILES string of the molecule is CC1(C)C2CNCC2CN1c1nccs1. The molecule has 2 saturated heterocycles. The van der Waals surface area contributed by atoms with Crippen molar-refractivity contribution in [2.24, 2.45) is 11.8 Å². The van der Waals surface area contributed by atoms with Crippen LogP contribution in [0.15, 0.2) is 11.6 Å². The zero-order chi connectivity index (χ0) is 10.5. The van der Waals surface area contributed by atoms with Crippen LogP contribution in [0.5, 0.6) is 0 Å². The van der Waals surface area contributed by atoms with E-state index in [9.17, 15) is 0 Å². The molecule has 0 bridgehead atoms. The van der Waals surface area contributed by atoms with Gasteiger partial charge in [0.25, 0.3) is 0 Å². The normalized spacial score (nSPS) is 33.3. The Morgan fingerprint density at radius 3 is 3.07 bits per heavy atom. The molecule has 82 valence electrons. The lowest BCUT2D eigenvalue weighted by Gasteiger charge is -2.35. The molecule has 0 saturated carbocycles. The molecule has 2 fully saturated rings. The zero-order valence-corrected chi connectivity index (χ0v) is 10.0. The first-order chi connectivity index (χ1) is 7.19. The summed E-state index contributed by atoms with van der Waals surface area (Å²) in [5.41, 5.74) is 0.256. The van der Waals surface area contributed by atoms with E-state index in [-0.39, 0.29) is 5.54 Å². The third-order valence-electron chi connectivity index (χ3n) is 4.01. The summed E-state index contributed by atoms with van der Waals surface area (Å²) < 4.78 is 0. The molecule has 3 nitrogen and oxygen atoms in total. The summed E-state index contributed by atoms with van der Waals surface area (Å²) in [6, 6.07) is 0. The van der Waals surface area contributed by atoms with Crippen molar-refractivity contribution in [2.45, 2.75) is 19.4 Å². The number of hydrogen-bond acceptors (Lipinski definition) is 4. The van der Waals surface area contributed by atoms with Gasteiger partial charge in [-0.15, -0.1) is 11.3 Å². The third kappa shape index (κ3) is 1.31. The molecular formula is C11H17N3S. The Labute approximate surface area is 94.5 Å². The summed E-state index contributed by atoms with van der Waals surface area (Å²) in [5.74, 6) is 1.59. The fourth-order valence-corrected chi connectivity index (χ4v) is 3.90. The molecule has 3 rings (SSSR count). The second kappa shape index (κ2) is 3.19. The molecule has 1 N–H and O–H groups in total. The predicted molar refractivity (Wildman–Crippen MR) is 63.4 cm³/mol. The minimum atomic E-state index is 0.256. The van der Waals surface area contributed by atoms with Crippen LogP contribution in [0.4, 0.5) is 5.13 Å². The molecule has 2 aliphatic rings. The molecule has 4 heteroatoms. The van der Waals surface area contributed by atoms with Crippen molar-refractivity contribution >= 4 is 16.5 Å². The Kier molecular flexibility index (Phi) is 2.04. The second-order valence-corrected chi connectivity index (χ2v) is 5.98. The molecule has 3 heterocycles. The van der Waals surface area contributed by atoms with E-state index in [1.165, 1.54) is 18.2 Å². The van der Waals surface area contributed by atoms with Crippen molar-refractivity contribution < 1.29 is 0 Å². The van der Waals surface area contributed by atoms with Crippen LogP contribution in [0.3, 0.4) is 0 Å². The van der Waals surface area contributed by atoms with E-state index in [2.05, 4.69) is 34.4 Å². The van der Waals surface area contributed by atoms with Crippen LogP contribution in [0.1, 0.15) is 13.8 Å². The standard InChI is InChI=1S/C11H17N3S/c1-11(2)9-6-12-5-8(9)7-14(11)10-13-3-4-15-10/h3-4,8-9,12H,5-7H2,1-2H3. The van der Waals surface area contributed by atoms with Gasteiger partial charge in [0.1, 0.15) is 0 Å². The average Bonchev–Trinajstić information content (AvgIpc) is 2.86. The van der Waals surface area contributed by atoms with Crippen LogP contribution in [-0.2, 0) is 0 Å². The van der Waals surface area contributed by atoms with E-state index in [0.29, 0.717) is 0 Å². The van der Waals surface area contributed by atoms with Crippen LogP contribution < -0.4 is 10.2 Å². The second-order valence-electron chi connectivity index (χ2n) is 5.10. The summed E-state index contributed by atoms with van der Waals surface area (Å²) in [5, 5.41) is 6.76. The number of fused-ring (bicyclic) bond motifs is 1. The average molecular weight is 223 g/mol. The van der Waals surface area contributed by atoms with Gasteiger partial charge < -0.3 is 10.2 Å². The van der Waals surface area contributed by atoms with Gasteiger partial charge in [0, 0.05) is 36.8 Å². The molecule has 15 heavy (non-hydrogen) atoms. The van der Waals surface area contributed by atoms with E-state index in [4.69, 9.17) is 0 Å². The monoisotopic (exact) mass is 223 g/mol. The number of nitrogens with one attached hydrogen (secondary N) is 1. The summed E-state index contributed by atoms with van der Waals surface area (Å²) in [6.07, 6.45) is 1.91. The van der Waals surface area contributed by atoms with E-state index < -0.39 is 0 Å². The van der Waals surface area contributed by atoms with Gasteiger partial charge >= 0.3 is 0 Å². The van der Waals surface area contributed by atoms with Crippen molar-refractivity contribution in [3.05, 3.63) is 11.6 Å². The van der Waals surface area contributed by atoms with Crippen LogP contribution in [-0.4, -0.2) is 30.2 Å². The fourth-order valence-electron chi connectivity index (χ4n) is 3.10. The highest BCUT2D eigenvalue weighted by atomic mass is 32.1. The highest BCUT2D eigenvalue weighted by Crippen LogP contribution is 2.43. The maximum atomic E-state index is 4.45. The first-order valence-electron chi connectivity index (χ1n) is 5.57. The lowest BCUT2D eigenvalue weighted by Crippen LogP contribution is -2.44. The number of anilines is 1. The molecule has 2 aliphatic heterocycles. The molecule has 0 amide bonds. The highest BCUT2D eigenvalue weighted by molar-refractivity contribution is 7.13. The first kappa shape index (κ1) is 9.60. The van der Waals surface area contributed by atoms with Crippen LogP contribution in [0, 0.1) is 11.8 Å². The van der Waals surface area contributed by atoms with Gasteiger partial charge in [-0.25, -0.2) is 4.98 Å². The number of rotatable bonds is 1. The quantitative estimate of drug-likeness (QED) is 0.783. The summed E-state index contributed by atoms with van der Waals surface area (Å²) in [4.78, 5) is 6.94. The minimum Gasteiger partial charge on any atom is -0.342 e. The summed E-state index contributed by atoms with van der Waals surface area (Å²) in [6.45, 7) is 8.21. The van der Waals surface area contributed by atoms with Gasteiger partial charge in [-0.3, -0.25) is 0 Å². The minimum absolute atomic E-state index is 0.256. The molecule has 0 aromatic carbocycles. The summed E-state index contributed by atoms with van der Waals surface area (Å²) in [7, 11) is 0. The van der Waals surface area contributed by atoms with E-state index in [0.717, 1.165) is 18.4 Å². The number of hydrogen-bond donors (Lipinski definition) is 1. The van der Waals surface area contributed by atoms with E-state index in [1.807, 2.05) is 6.20 Å². The van der Waals surface area contributed by atoms with Crippen LogP contribution in [0.25, 0.3) is 0 Å². The molecule has 1 aromatic rings. The molecular weight excluding hydrogens is 206 g/mol. The Hall–Kier alpha value is -0.610. The number of thiazole rings is 1. The van der Waals surface area contributed by atoms with Gasteiger partial charge in [-0.1, -0.05) is 0 Å². The van der Waals surface area contributed by atoms with Gasteiger partial charge in [0.05, 0.1) is 0 Å². The Morgan fingerprint density at radius 1 is 1.53 bits per heavy atom. The molecule has 0 spiro atoms. The molecule has 0 aliphatic carbocycles. The molecule has 2 atom stereocenters. The first-order valence-corrected chi connectivity index (χ1v) is 6.45. The Balaban J connectivity index is 1.93. The van der Waals surface area contributed by atoms with Crippen molar-refractivity contribution in [3.8, 4) is 0 Å². The largest absolute Gasteiger partial charge is 0.342 e. The summed E-state index contributed by atoms with van der Waals surface area (Å²) >= 11 is 1.76. The zero-order valence-electron chi connectivity index (χ0n) is 9.23. The maximum absolute atomic E-state index is 4.45. The Bertz CT molecular complexity index is 347. The fraction of sp³-hybridized carbons (Fsp3) is 0.727. The highest BCUT2D eigenvalue weighted by Gasteiger charge is 2.50. The van der Waals surface area contributed by atoms with E-state index in [1.54, 1.807) is 11.3 Å². The smallest absolute Gasteiger partial charge is 0.185 e. The molecule has 0 radical (unpaired) electrons. The molecule has 2 unspecified atom stereocenters.